The highest BCUT2D eigenvalue weighted by atomic mass is 35.5. The molecule has 0 aliphatic carbocycles. The molecule has 2 aromatic rings. The van der Waals surface area contributed by atoms with E-state index in [0.717, 1.165) is 40.8 Å². The molecule has 0 unspecified atom stereocenters. The lowest BCUT2D eigenvalue weighted by Crippen LogP contribution is -2.14. The molecule has 0 bridgehead atoms. The largest absolute Gasteiger partial charge is 0.491 e. The zero-order valence-corrected chi connectivity index (χ0v) is 14.1. The van der Waals surface area contributed by atoms with Crippen molar-refractivity contribution in [1.82, 2.24) is 0 Å². The fraction of sp³-hybridized carbons (Fsp3) is 0.333. The summed E-state index contributed by atoms with van der Waals surface area (Å²) in [4.78, 5) is 0. The van der Waals surface area contributed by atoms with Crippen molar-refractivity contribution in [3.63, 3.8) is 0 Å². The molecule has 2 rings (SSSR count). The molecule has 3 nitrogen and oxygen atoms in total. The van der Waals surface area contributed by atoms with Gasteiger partial charge in [-0.2, -0.15) is 0 Å². The second-order valence-corrected chi connectivity index (χ2v) is 5.86. The molecule has 0 amide bonds. The van der Waals surface area contributed by atoms with Gasteiger partial charge in [-0.25, -0.2) is 0 Å². The molecule has 22 heavy (non-hydrogen) atoms. The molecular formula is C18H23ClN2O. The van der Waals surface area contributed by atoms with Crippen LogP contribution in [0.1, 0.15) is 19.4 Å². The fourth-order valence-corrected chi connectivity index (χ4v) is 2.30. The summed E-state index contributed by atoms with van der Waals surface area (Å²) in [5.41, 5.74) is 3.25. The molecule has 0 aliphatic rings. The highest BCUT2D eigenvalue weighted by molar-refractivity contribution is 6.31. The average Bonchev–Trinajstić information content (AvgIpc) is 2.49. The highest BCUT2D eigenvalue weighted by Gasteiger charge is 2.01. The van der Waals surface area contributed by atoms with Crippen molar-refractivity contribution in [2.45, 2.75) is 26.9 Å². The van der Waals surface area contributed by atoms with Crippen LogP contribution in [0.3, 0.4) is 0 Å². The Morgan fingerprint density at radius 2 is 1.68 bits per heavy atom. The highest BCUT2D eigenvalue weighted by Crippen LogP contribution is 2.22. The van der Waals surface area contributed by atoms with Gasteiger partial charge in [0.05, 0.1) is 6.10 Å². The summed E-state index contributed by atoms with van der Waals surface area (Å²) in [6.07, 6.45) is 0.198. The van der Waals surface area contributed by atoms with Gasteiger partial charge < -0.3 is 15.4 Å². The van der Waals surface area contributed by atoms with Gasteiger partial charge in [0.15, 0.2) is 0 Å². The standard InChI is InChI=1S/C18H23ClN2O/c1-13(2)22-16-9-7-15(8-10-16)20-11-12-21-18-6-4-5-17(19)14(18)3/h4-10,13,20-21H,11-12H2,1-3H3. The first-order chi connectivity index (χ1) is 10.6. The molecule has 0 aliphatic heterocycles. The first-order valence-corrected chi connectivity index (χ1v) is 7.93. The average molecular weight is 319 g/mol. The molecule has 2 aromatic carbocycles. The van der Waals surface area contributed by atoms with E-state index in [1.54, 1.807) is 0 Å². The predicted molar refractivity (Wildman–Crippen MR) is 95.4 cm³/mol. The number of hydrogen-bond donors (Lipinski definition) is 2. The predicted octanol–water partition coefficient (Wildman–Crippen LogP) is 4.96. The quantitative estimate of drug-likeness (QED) is 0.708. The Bertz CT molecular complexity index is 597. The van der Waals surface area contributed by atoms with Gasteiger partial charge in [0.25, 0.3) is 0 Å². The number of ether oxygens (including phenoxy) is 1. The summed E-state index contributed by atoms with van der Waals surface area (Å²) >= 11 is 6.11. The minimum atomic E-state index is 0.198. The molecule has 4 heteroatoms. The van der Waals surface area contributed by atoms with Crippen molar-refractivity contribution in [2.75, 3.05) is 23.7 Å². The van der Waals surface area contributed by atoms with Gasteiger partial charge >= 0.3 is 0 Å². The molecule has 0 spiro atoms. The van der Waals surface area contributed by atoms with Crippen LogP contribution < -0.4 is 15.4 Å². The van der Waals surface area contributed by atoms with Crippen molar-refractivity contribution in [2.24, 2.45) is 0 Å². The first-order valence-electron chi connectivity index (χ1n) is 7.56. The Balaban J connectivity index is 1.78. The number of rotatable bonds is 7. The third kappa shape index (κ3) is 4.85. The molecule has 0 atom stereocenters. The molecule has 2 N–H and O–H groups in total. The van der Waals surface area contributed by atoms with E-state index in [-0.39, 0.29) is 6.10 Å². The van der Waals surface area contributed by atoms with Crippen LogP contribution in [0.4, 0.5) is 11.4 Å². The van der Waals surface area contributed by atoms with E-state index in [2.05, 4.69) is 10.6 Å². The van der Waals surface area contributed by atoms with E-state index in [0.29, 0.717) is 0 Å². The Labute approximate surface area is 137 Å². The van der Waals surface area contributed by atoms with E-state index in [4.69, 9.17) is 16.3 Å². The van der Waals surface area contributed by atoms with Gasteiger partial charge in [0, 0.05) is 29.5 Å². The molecule has 0 saturated carbocycles. The van der Waals surface area contributed by atoms with E-state index in [9.17, 15) is 0 Å². The normalized spacial score (nSPS) is 10.6. The number of halogens is 1. The molecular weight excluding hydrogens is 296 g/mol. The number of nitrogens with one attached hydrogen (secondary N) is 2. The monoisotopic (exact) mass is 318 g/mol. The Morgan fingerprint density at radius 1 is 1.00 bits per heavy atom. The molecule has 0 aromatic heterocycles. The maximum absolute atomic E-state index is 6.11. The summed E-state index contributed by atoms with van der Waals surface area (Å²) in [6.45, 7) is 7.72. The third-order valence-electron chi connectivity index (χ3n) is 3.26. The van der Waals surface area contributed by atoms with Crippen molar-refractivity contribution < 1.29 is 4.74 Å². The van der Waals surface area contributed by atoms with Crippen LogP contribution in [0.15, 0.2) is 42.5 Å². The zero-order valence-electron chi connectivity index (χ0n) is 13.3. The van der Waals surface area contributed by atoms with Crippen LogP contribution in [0.5, 0.6) is 5.75 Å². The van der Waals surface area contributed by atoms with Crippen molar-refractivity contribution in [1.29, 1.82) is 0 Å². The molecule has 0 radical (unpaired) electrons. The minimum Gasteiger partial charge on any atom is -0.491 e. The van der Waals surface area contributed by atoms with E-state index < -0.39 is 0 Å². The molecule has 0 fully saturated rings. The second kappa shape index (κ2) is 7.95. The number of anilines is 2. The lowest BCUT2D eigenvalue weighted by Gasteiger charge is -2.13. The lowest BCUT2D eigenvalue weighted by atomic mass is 10.2. The topological polar surface area (TPSA) is 33.3 Å². The summed E-state index contributed by atoms with van der Waals surface area (Å²) in [5, 5.41) is 7.56. The van der Waals surface area contributed by atoms with Gasteiger partial charge in [-0.3, -0.25) is 0 Å². The van der Waals surface area contributed by atoms with Crippen LogP contribution in [0, 0.1) is 6.92 Å². The van der Waals surface area contributed by atoms with Gasteiger partial charge in [0.1, 0.15) is 5.75 Å². The second-order valence-electron chi connectivity index (χ2n) is 5.46. The van der Waals surface area contributed by atoms with Gasteiger partial charge in [0.2, 0.25) is 0 Å². The van der Waals surface area contributed by atoms with Gasteiger partial charge in [-0.15, -0.1) is 0 Å². The summed E-state index contributed by atoms with van der Waals surface area (Å²) < 4.78 is 5.62. The van der Waals surface area contributed by atoms with Crippen molar-refractivity contribution in [3.05, 3.63) is 53.1 Å². The molecule has 0 heterocycles. The van der Waals surface area contributed by atoms with Crippen LogP contribution >= 0.6 is 11.6 Å². The Kier molecular flexibility index (Phi) is 5.96. The van der Waals surface area contributed by atoms with Crippen LogP contribution in [-0.4, -0.2) is 19.2 Å². The van der Waals surface area contributed by atoms with E-state index in [1.807, 2.05) is 63.2 Å². The maximum Gasteiger partial charge on any atom is 0.119 e. The summed E-state index contributed by atoms with van der Waals surface area (Å²) in [6, 6.07) is 13.9. The maximum atomic E-state index is 6.11. The van der Waals surface area contributed by atoms with Crippen LogP contribution in [0.25, 0.3) is 0 Å². The van der Waals surface area contributed by atoms with Gasteiger partial charge in [-0.05, 0) is 62.7 Å². The van der Waals surface area contributed by atoms with E-state index >= 15 is 0 Å². The van der Waals surface area contributed by atoms with Gasteiger partial charge in [-0.1, -0.05) is 17.7 Å². The Hall–Kier alpha value is -1.87. The van der Waals surface area contributed by atoms with E-state index in [1.165, 1.54) is 0 Å². The zero-order chi connectivity index (χ0) is 15.9. The van der Waals surface area contributed by atoms with Crippen molar-refractivity contribution >= 4 is 23.0 Å². The van der Waals surface area contributed by atoms with Crippen molar-refractivity contribution in [3.8, 4) is 5.75 Å². The molecule has 118 valence electrons. The summed E-state index contributed by atoms with van der Waals surface area (Å²) in [7, 11) is 0. The smallest absolute Gasteiger partial charge is 0.119 e. The summed E-state index contributed by atoms with van der Waals surface area (Å²) in [5.74, 6) is 0.897. The lowest BCUT2D eigenvalue weighted by molar-refractivity contribution is 0.242. The minimum absolute atomic E-state index is 0.198. The SMILES string of the molecule is Cc1c(Cl)cccc1NCCNc1ccc(OC(C)C)cc1. The third-order valence-corrected chi connectivity index (χ3v) is 3.67. The molecule has 0 saturated heterocycles. The Morgan fingerprint density at radius 3 is 2.36 bits per heavy atom. The fourth-order valence-electron chi connectivity index (χ4n) is 2.13. The number of benzene rings is 2. The number of hydrogen-bond acceptors (Lipinski definition) is 3. The first kappa shape index (κ1) is 16.5. The van der Waals surface area contributed by atoms with Crippen LogP contribution in [0.2, 0.25) is 5.02 Å². The van der Waals surface area contributed by atoms with Crippen LogP contribution in [-0.2, 0) is 0 Å².